The molecular formula is C18H22FN3O2S. The van der Waals surface area contributed by atoms with E-state index in [-0.39, 0.29) is 18.2 Å². The molecule has 2 heterocycles. The number of nitrogens with one attached hydrogen (secondary N) is 1. The molecule has 0 aliphatic carbocycles. The summed E-state index contributed by atoms with van der Waals surface area (Å²) in [5.41, 5.74) is 1.27. The van der Waals surface area contributed by atoms with Crippen LogP contribution < -0.4 is 10.1 Å². The van der Waals surface area contributed by atoms with Crippen LogP contribution in [0.3, 0.4) is 0 Å². The van der Waals surface area contributed by atoms with Gasteiger partial charge >= 0.3 is 6.03 Å². The largest absolute Gasteiger partial charge is 0.489 e. The van der Waals surface area contributed by atoms with Gasteiger partial charge in [0.25, 0.3) is 0 Å². The fourth-order valence-electron chi connectivity index (χ4n) is 2.99. The zero-order valence-electron chi connectivity index (χ0n) is 14.6. The predicted molar refractivity (Wildman–Crippen MR) is 96.7 cm³/mol. The van der Waals surface area contributed by atoms with E-state index in [1.54, 1.807) is 16.2 Å². The summed E-state index contributed by atoms with van der Waals surface area (Å²) in [4.78, 5) is 19.0. The lowest BCUT2D eigenvalue weighted by molar-refractivity contribution is 0.205. The number of urea groups is 1. The van der Waals surface area contributed by atoms with Gasteiger partial charge in [0.15, 0.2) is 0 Å². The highest BCUT2D eigenvalue weighted by Gasteiger charge is 2.32. The number of benzene rings is 1. The van der Waals surface area contributed by atoms with Gasteiger partial charge in [-0.15, -0.1) is 11.3 Å². The monoisotopic (exact) mass is 363 g/mol. The Kier molecular flexibility index (Phi) is 5.22. The third-order valence-electron chi connectivity index (χ3n) is 4.04. The molecule has 3 rings (SSSR count). The molecule has 0 bridgehead atoms. The Hall–Kier alpha value is -2.15. The number of rotatable bonds is 4. The fraction of sp³-hybridized carbons (Fsp3) is 0.444. The molecule has 1 aliphatic rings. The first kappa shape index (κ1) is 17.7. The fourth-order valence-corrected chi connectivity index (χ4v) is 3.65. The number of thiazole rings is 1. The van der Waals surface area contributed by atoms with Gasteiger partial charge in [-0.1, -0.05) is 0 Å². The topological polar surface area (TPSA) is 54.5 Å². The number of hydrogen-bond donors (Lipinski definition) is 1. The molecule has 0 saturated carbocycles. The Morgan fingerprint density at radius 1 is 1.48 bits per heavy atom. The summed E-state index contributed by atoms with van der Waals surface area (Å²) in [6.45, 7) is 6.38. The number of halogens is 1. The third-order valence-corrected chi connectivity index (χ3v) is 4.83. The highest BCUT2D eigenvalue weighted by molar-refractivity contribution is 7.09. The molecule has 7 heteroatoms. The van der Waals surface area contributed by atoms with Crippen LogP contribution >= 0.6 is 11.3 Å². The van der Waals surface area contributed by atoms with E-state index in [0.29, 0.717) is 18.0 Å². The molecule has 5 nitrogen and oxygen atoms in total. The molecule has 1 aromatic carbocycles. The summed E-state index contributed by atoms with van der Waals surface area (Å²) >= 11 is 1.58. The lowest BCUT2D eigenvalue weighted by Gasteiger charge is -2.24. The van der Waals surface area contributed by atoms with Crippen LogP contribution in [0.4, 0.5) is 14.9 Å². The van der Waals surface area contributed by atoms with E-state index in [1.165, 1.54) is 18.2 Å². The summed E-state index contributed by atoms with van der Waals surface area (Å²) in [5, 5.41) is 5.79. The van der Waals surface area contributed by atoms with E-state index in [1.807, 2.05) is 26.2 Å². The Labute approximate surface area is 150 Å². The minimum Gasteiger partial charge on any atom is -0.489 e. The normalized spacial score (nSPS) is 17.2. The molecule has 2 aromatic rings. The van der Waals surface area contributed by atoms with Crippen LogP contribution in [0, 0.1) is 12.7 Å². The van der Waals surface area contributed by atoms with E-state index in [9.17, 15) is 9.18 Å². The van der Waals surface area contributed by atoms with Gasteiger partial charge in [0, 0.05) is 18.0 Å². The predicted octanol–water partition coefficient (Wildman–Crippen LogP) is 4.75. The van der Waals surface area contributed by atoms with Gasteiger partial charge in [0.05, 0.1) is 28.5 Å². The van der Waals surface area contributed by atoms with Crippen molar-refractivity contribution in [1.29, 1.82) is 0 Å². The zero-order valence-corrected chi connectivity index (χ0v) is 15.4. The molecule has 1 N–H and O–H groups in total. The summed E-state index contributed by atoms with van der Waals surface area (Å²) in [6.07, 6.45) is 1.74. The highest BCUT2D eigenvalue weighted by atomic mass is 32.1. The number of anilines is 1. The van der Waals surface area contributed by atoms with E-state index in [0.717, 1.165) is 23.5 Å². The van der Waals surface area contributed by atoms with Crippen molar-refractivity contribution in [2.24, 2.45) is 0 Å². The minimum absolute atomic E-state index is 0.0343. The molecule has 2 amide bonds. The number of aryl methyl sites for hydroxylation is 1. The first-order chi connectivity index (χ1) is 11.9. The smallest absolute Gasteiger partial charge is 0.322 e. The number of amides is 2. The second-order valence-electron chi connectivity index (χ2n) is 6.38. The maximum Gasteiger partial charge on any atom is 0.322 e. The summed E-state index contributed by atoms with van der Waals surface area (Å²) in [5.74, 6) is 0.0458. The number of hydrogen-bond acceptors (Lipinski definition) is 4. The SMILES string of the molecule is Cc1nc([C@H]2CCCN2C(=O)Nc2cc(F)ccc2OC(C)C)cs1. The van der Waals surface area contributed by atoms with E-state index in [4.69, 9.17) is 4.74 Å². The molecule has 134 valence electrons. The maximum absolute atomic E-state index is 13.6. The van der Waals surface area contributed by atoms with Crippen LogP contribution in [0.2, 0.25) is 0 Å². The van der Waals surface area contributed by atoms with Crippen LogP contribution in [-0.2, 0) is 0 Å². The average molecular weight is 363 g/mol. The molecule has 1 fully saturated rings. The molecule has 1 atom stereocenters. The number of ether oxygens (including phenoxy) is 1. The van der Waals surface area contributed by atoms with Crippen molar-refractivity contribution in [3.63, 3.8) is 0 Å². The Balaban J connectivity index is 1.78. The van der Waals surface area contributed by atoms with Gasteiger partial charge in [-0.05, 0) is 45.7 Å². The van der Waals surface area contributed by atoms with Crippen molar-refractivity contribution in [2.45, 2.75) is 45.8 Å². The average Bonchev–Trinajstić information content (AvgIpc) is 3.18. The quantitative estimate of drug-likeness (QED) is 0.853. The van der Waals surface area contributed by atoms with Gasteiger partial charge < -0.3 is 15.0 Å². The van der Waals surface area contributed by atoms with Gasteiger partial charge in [-0.25, -0.2) is 14.2 Å². The molecule has 1 aromatic heterocycles. The lowest BCUT2D eigenvalue weighted by atomic mass is 10.2. The molecule has 0 spiro atoms. The van der Waals surface area contributed by atoms with Crippen molar-refractivity contribution in [1.82, 2.24) is 9.88 Å². The Morgan fingerprint density at radius 2 is 2.28 bits per heavy atom. The molecule has 25 heavy (non-hydrogen) atoms. The van der Waals surface area contributed by atoms with Gasteiger partial charge in [-0.2, -0.15) is 0 Å². The van der Waals surface area contributed by atoms with Crippen LogP contribution in [0.25, 0.3) is 0 Å². The minimum atomic E-state index is -0.417. The maximum atomic E-state index is 13.6. The van der Waals surface area contributed by atoms with Gasteiger partial charge in [0.1, 0.15) is 11.6 Å². The van der Waals surface area contributed by atoms with Crippen LogP contribution in [0.15, 0.2) is 23.6 Å². The second kappa shape index (κ2) is 7.39. The van der Waals surface area contributed by atoms with E-state index >= 15 is 0 Å². The number of nitrogens with zero attached hydrogens (tertiary/aromatic N) is 2. The number of carbonyl (C=O) groups excluding carboxylic acids is 1. The van der Waals surface area contributed by atoms with Crippen LogP contribution in [-0.4, -0.2) is 28.6 Å². The second-order valence-corrected chi connectivity index (χ2v) is 7.44. The number of likely N-dealkylation sites (tertiary alicyclic amines) is 1. The number of aromatic nitrogens is 1. The van der Waals surface area contributed by atoms with Gasteiger partial charge in [0.2, 0.25) is 0 Å². The van der Waals surface area contributed by atoms with Crippen molar-refractivity contribution in [3.05, 3.63) is 40.1 Å². The first-order valence-corrected chi connectivity index (χ1v) is 9.28. The van der Waals surface area contributed by atoms with Crippen LogP contribution in [0.1, 0.15) is 43.4 Å². The summed E-state index contributed by atoms with van der Waals surface area (Å²) in [6, 6.07) is 3.86. The standard InChI is InChI=1S/C18H22FN3O2S/c1-11(2)24-17-7-6-13(19)9-14(17)21-18(23)22-8-4-5-16(22)15-10-25-12(3)20-15/h6-7,9-11,16H,4-5,8H2,1-3H3,(H,21,23)/t16-/m1/s1. The summed E-state index contributed by atoms with van der Waals surface area (Å²) in [7, 11) is 0. The Morgan fingerprint density at radius 3 is 2.96 bits per heavy atom. The number of carbonyl (C=O) groups is 1. The van der Waals surface area contributed by atoms with E-state index in [2.05, 4.69) is 10.3 Å². The first-order valence-electron chi connectivity index (χ1n) is 8.40. The Bertz CT molecular complexity index is 763. The van der Waals surface area contributed by atoms with Crippen LogP contribution in [0.5, 0.6) is 5.75 Å². The molecule has 1 aliphatic heterocycles. The van der Waals surface area contributed by atoms with Crippen molar-refractivity contribution >= 4 is 23.1 Å². The molecule has 1 saturated heterocycles. The highest BCUT2D eigenvalue weighted by Crippen LogP contribution is 2.34. The summed E-state index contributed by atoms with van der Waals surface area (Å²) < 4.78 is 19.3. The lowest BCUT2D eigenvalue weighted by Crippen LogP contribution is -2.34. The van der Waals surface area contributed by atoms with Crippen molar-refractivity contribution < 1.29 is 13.9 Å². The van der Waals surface area contributed by atoms with Crippen molar-refractivity contribution in [2.75, 3.05) is 11.9 Å². The van der Waals surface area contributed by atoms with Gasteiger partial charge in [-0.3, -0.25) is 0 Å². The third kappa shape index (κ3) is 4.10. The zero-order chi connectivity index (χ0) is 18.0. The molecular weight excluding hydrogens is 341 g/mol. The molecule has 0 radical (unpaired) electrons. The molecule has 0 unspecified atom stereocenters. The van der Waals surface area contributed by atoms with Crippen molar-refractivity contribution in [3.8, 4) is 5.75 Å². The van der Waals surface area contributed by atoms with E-state index < -0.39 is 5.82 Å².